The fraction of sp³-hybridized carbons (Fsp3) is 0.176. The Morgan fingerprint density at radius 1 is 1.09 bits per heavy atom. The van der Waals surface area contributed by atoms with Crippen LogP contribution in [-0.2, 0) is 4.79 Å². The van der Waals surface area contributed by atoms with Gasteiger partial charge >= 0.3 is 0 Å². The molecule has 2 rings (SSSR count). The van der Waals surface area contributed by atoms with Gasteiger partial charge in [-0.15, -0.1) is 0 Å². The number of hydrazone groups is 1. The first-order valence-corrected chi connectivity index (χ1v) is 7.73. The molecule has 120 valence electrons. The molecule has 0 unspecified atom stereocenters. The molecule has 0 atom stereocenters. The third-order valence-corrected chi connectivity index (χ3v) is 3.57. The monoisotopic (exact) mass is 376 g/mol. The number of methoxy groups -OCH3 is 1. The topological polar surface area (TPSA) is 59.9 Å². The minimum atomic E-state index is -0.322. The summed E-state index contributed by atoms with van der Waals surface area (Å²) in [5, 5.41) is 4.07. The average Bonchev–Trinajstić information content (AvgIpc) is 2.59. The van der Waals surface area contributed by atoms with Gasteiger partial charge in [-0.3, -0.25) is 4.79 Å². The molecule has 0 aliphatic rings. The Hall–Kier alpha value is -2.34. The van der Waals surface area contributed by atoms with E-state index in [1.807, 2.05) is 31.2 Å². The summed E-state index contributed by atoms with van der Waals surface area (Å²) in [6.45, 7) is 1.72. The van der Waals surface area contributed by atoms with Gasteiger partial charge < -0.3 is 9.47 Å². The van der Waals surface area contributed by atoms with Crippen LogP contribution in [-0.4, -0.2) is 25.3 Å². The maximum absolute atomic E-state index is 11.8. The van der Waals surface area contributed by atoms with Gasteiger partial charge in [0.15, 0.2) is 6.61 Å². The first-order valence-electron chi connectivity index (χ1n) is 6.94. The van der Waals surface area contributed by atoms with Gasteiger partial charge in [0.1, 0.15) is 11.5 Å². The zero-order chi connectivity index (χ0) is 16.7. The van der Waals surface area contributed by atoms with Gasteiger partial charge in [0, 0.05) is 4.47 Å². The number of rotatable bonds is 6. The van der Waals surface area contributed by atoms with Crippen molar-refractivity contribution in [2.24, 2.45) is 5.10 Å². The lowest BCUT2D eigenvalue weighted by atomic mass is 10.1. The minimum absolute atomic E-state index is 0.108. The van der Waals surface area contributed by atoms with Crippen LogP contribution in [0.25, 0.3) is 0 Å². The number of ether oxygens (including phenoxy) is 2. The number of carbonyl (C=O) groups excluding carboxylic acids is 1. The quantitative estimate of drug-likeness (QED) is 0.620. The van der Waals surface area contributed by atoms with Crippen molar-refractivity contribution < 1.29 is 14.3 Å². The van der Waals surface area contributed by atoms with Crippen LogP contribution >= 0.6 is 15.9 Å². The molecule has 0 fully saturated rings. The normalized spacial score (nSPS) is 11.0. The van der Waals surface area contributed by atoms with Crippen molar-refractivity contribution in [3.63, 3.8) is 0 Å². The Morgan fingerprint density at radius 3 is 2.30 bits per heavy atom. The summed E-state index contributed by atoms with van der Waals surface area (Å²) in [4.78, 5) is 11.8. The van der Waals surface area contributed by atoms with E-state index < -0.39 is 0 Å². The van der Waals surface area contributed by atoms with E-state index in [4.69, 9.17) is 9.47 Å². The number of amides is 1. The Bertz CT molecular complexity index is 682. The fourth-order valence-electron chi connectivity index (χ4n) is 1.75. The summed E-state index contributed by atoms with van der Waals surface area (Å²) in [6, 6.07) is 14.7. The van der Waals surface area contributed by atoms with E-state index in [1.54, 1.807) is 31.4 Å². The second-order valence-electron chi connectivity index (χ2n) is 4.70. The summed E-state index contributed by atoms with van der Waals surface area (Å²) in [6.07, 6.45) is 0. The number of hydrogen-bond acceptors (Lipinski definition) is 4. The van der Waals surface area contributed by atoms with Gasteiger partial charge in [0.2, 0.25) is 0 Å². The Kier molecular flexibility index (Phi) is 6.17. The number of nitrogens with one attached hydrogen (secondary N) is 1. The summed E-state index contributed by atoms with van der Waals surface area (Å²) in [5.41, 5.74) is 4.13. The van der Waals surface area contributed by atoms with Gasteiger partial charge in [0.25, 0.3) is 5.91 Å². The van der Waals surface area contributed by atoms with E-state index in [0.717, 1.165) is 21.5 Å². The summed E-state index contributed by atoms with van der Waals surface area (Å²) in [5.74, 6) is 1.00. The van der Waals surface area contributed by atoms with Crippen molar-refractivity contribution in [1.29, 1.82) is 0 Å². The van der Waals surface area contributed by atoms with Crippen LogP contribution in [0.4, 0.5) is 0 Å². The van der Waals surface area contributed by atoms with Crippen LogP contribution in [0.5, 0.6) is 11.5 Å². The molecule has 2 aromatic carbocycles. The number of carbonyl (C=O) groups is 1. The van der Waals surface area contributed by atoms with Crippen LogP contribution in [0.1, 0.15) is 12.5 Å². The van der Waals surface area contributed by atoms with Crippen molar-refractivity contribution in [3.8, 4) is 11.5 Å². The lowest BCUT2D eigenvalue weighted by molar-refractivity contribution is -0.123. The second kappa shape index (κ2) is 8.33. The molecule has 0 aliphatic carbocycles. The molecule has 1 N–H and O–H groups in total. The van der Waals surface area contributed by atoms with Crippen LogP contribution in [0, 0.1) is 0 Å². The summed E-state index contributed by atoms with van der Waals surface area (Å²) >= 11 is 3.37. The van der Waals surface area contributed by atoms with E-state index in [1.165, 1.54) is 0 Å². The molecule has 23 heavy (non-hydrogen) atoms. The van der Waals surface area contributed by atoms with E-state index >= 15 is 0 Å². The molecule has 0 saturated carbocycles. The van der Waals surface area contributed by atoms with Gasteiger partial charge in [-0.1, -0.05) is 28.1 Å². The molecule has 0 saturated heterocycles. The van der Waals surface area contributed by atoms with Crippen LogP contribution in [0.3, 0.4) is 0 Å². The van der Waals surface area contributed by atoms with Crippen LogP contribution in [0.2, 0.25) is 0 Å². The molecule has 1 amide bonds. The van der Waals surface area contributed by atoms with Gasteiger partial charge in [-0.05, 0) is 48.9 Å². The Morgan fingerprint density at radius 2 is 1.70 bits per heavy atom. The summed E-state index contributed by atoms with van der Waals surface area (Å²) in [7, 11) is 1.59. The highest BCUT2D eigenvalue weighted by Crippen LogP contribution is 2.16. The third kappa shape index (κ3) is 5.41. The van der Waals surface area contributed by atoms with E-state index in [0.29, 0.717) is 5.75 Å². The highest BCUT2D eigenvalue weighted by molar-refractivity contribution is 9.10. The molecule has 0 spiro atoms. The smallest absolute Gasteiger partial charge is 0.277 e. The first-order chi connectivity index (χ1) is 11.1. The number of benzene rings is 2. The van der Waals surface area contributed by atoms with Crippen molar-refractivity contribution in [1.82, 2.24) is 5.43 Å². The van der Waals surface area contributed by atoms with Crippen molar-refractivity contribution >= 4 is 27.5 Å². The molecule has 0 aromatic heterocycles. The molecular formula is C17H17BrN2O3. The zero-order valence-corrected chi connectivity index (χ0v) is 14.5. The Balaban J connectivity index is 1.84. The fourth-order valence-corrected chi connectivity index (χ4v) is 2.02. The van der Waals surface area contributed by atoms with E-state index in [-0.39, 0.29) is 12.5 Å². The predicted octanol–water partition coefficient (Wildman–Crippen LogP) is 3.38. The standard InChI is InChI=1S/C17H17BrN2O3/c1-12(13-3-5-14(18)6-4-13)19-20-17(21)11-23-16-9-7-15(22-2)8-10-16/h3-10H,11H2,1-2H3,(H,20,21). The van der Waals surface area contributed by atoms with Crippen molar-refractivity contribution in [2.75, 3.05) is 13.7 Å². The molecule has 5 nitrogen and oxygen atoms in total. The average molecular weight is 377 g/mol. The Labute approximate surface area is 143 Å². The second-order valence-corrected chi connectivity index (χ2v) is 5.62. The summed E-state index contributed by atoms with van der Waals surface area (Å²) < 4.78 is 11.4. The van der Waals surface area contributed by atoms with Crippen LogP contribution in [0.15, 0.2) is 58.1 Å². The highest BCUT2D eigenvalue weighted by atomic mass is 79.9. The zero-order valence-electron chi connectivity index (χ0n) is 12.9. The van der Waals surface area contributed by atoms with Crippen molar-refractivity contribution in [2.45, 2.75) is 6.92 Å². The third-order valence-electron chi connectivity index (χ3n) is 3.04. The first kappa shape index (κ1) is 17.0. The largest absolute Gasteiger partial charge is 0.497 e. The molecule has 0 radical (unpaired) electrons. The van der Waals surface area contributed by atoms with Gasteiger partial charge in [-0.2, -0.15) is 5.10 Å². The molecule has 6 heteroatoms. The minimum Gasteiger partial charge on any atom is -0.497 e. The molecular weight excluding hydrogens is 360 g/mol. The lowest BCUT2D eigenvalue weighted by Crippen LogP contribution is -2.25. The van der Waals surface area contributed by atoms with Gasteiger partial charge in [-0.25, -0.2) is 5.43 Å². The molecule has 2 aromatic rings. The predicted molar refractivity (Wildman–Crippen MR) is 93.0 cm³/mol. The number of halogens is 1. The molecule has 0 heterocycles. The number of nitrogens with zero attached hydrogens (tertiary/aromatic N) is 1. The number of hydrogen-bond donors (Lipinski definition) is 1. The van der Waals surface area contributed by atoms with Gasteiger partial charge in [0.05, 0.1) is 12.8 Å². The maximum Gasteiger partial charge on any atom is 0.277 e. The molecule has 0 bridgehead atoms. The molecule has 0 aliphatic heterocycles. The highest BCUT2D eigenvalue weighted by Gasteiger charge is 2.03. The van der Waals surface area contributed by atoms with Crippen molar-refractivity contribution in [3.05, 3.63) is 58.6 Å². The van der Waals surface area contributed by atoms with E-state index in [2.05, 4.69) is 26.5 Å². The van der Waals surface area contributed by atoms with E-state index in [9.17, 15) is 4.79 Å². The lowest BCUT2D eigenvalue weighted by Gasteiger charge is -2.06. The maximum atomic E-state index is 11.8. The van der Waals surface area contributed by atoms with Crippen LogP contribution < -0.4 is 14.9 Å². The SMILES string of the molecule is COc1ccc(OCC(=O)NN=C(C)c2ccc(Br)cc2)cc1.